The molecule has 17 heavy (non-hydrogen) atoms. The van der Waals surface area contributed by atoms with Gasteiger partial charge >= 0.3 is 0 Å². The van der Waals surface area contributed by atoms with Gasteiger partial charge in [-0.05, 0) is 19.8 Å². The van der Waals surface area contributed by atoms with E-state index in [0.29, 0.717) is 5.02 Å². The number of hydrogen-bond donors (Lipinski definition) is 1. The van der Waals surface area contributed by atoms with Crippen molar-refractivity contribution in [3.8, 4) is 0 Å². The number of aryl methyl sites for hydroxylation is 1. The molecular weight excluding hydrogens is 238 g/mol. The zero-order chi connectivity index (χ0) is 12.5. The molecule has 2 rings (SSSR count). The first-order valence-corrected chi connectivity index (χ1v) is 6.54. The van der Waals surface area contributed by atoms with E-state index in [1.54, 1.807) is 13.3 Å². The van der Waals surface area contributed by atoms with Gasteiger partial charge in [0.1, 0.15) is 0 Å². The average Bonchev–Trinajstić information content (AvgIpc) is 2.95. The van der Waals surface area contributed by atoms with Crippen LogP contribution in [-0.2, 0) is 11.3 Å². The van der Waals surface area contributed by atoms with Gasteiger partial charge in [-0.15, -0.1) is 0 Å². The SMILES string of the molecule is CCn1ncc(Cl)c1C(N)C1(OC)CCCC1. The van der Waals surface area contributed by atoms with Crippen molar-refractivity contribution in [2.24, 2.45) is 5.73 Å². The lowest BCUT2D eigenvalue weighted by Gasteiger charge is -2.34. The summed E-state index contributed by atoms with van der Waals surface area (Å²) in [5.74, 6) is 0. The Labute approximate surface area is 107 Å². The van der Waals surface area contributed by atoms with E-state index in [1.165, 1.54) is 12.8 Å². The Kier molecular flexibility index (Phi) is 3.76. The van der Waals surface area contributed by atoms with Crippen molar-refractivity contribution in [1.29, 1.82) is 0 Å². The van der Waals surface area contributed by atoms with Gasteiger partial charge in [-0.1, -0.05) is 24.4 Å². The maximum atomic E-state index is 6.40. The van der Waals surface area contributed by atoms with E-state index >= 15 is 0 Å². The molecule has 0 bridgehead atoms. The van der Waals surface area contributed by atoms with Crippen LogP contribution in [0.1, 0.15) is 44.3 Å². The fourth-order valence-corrected chi connectivity index (χ4v) is 3.06. The number of nitrogens with two attached hydrogens (primary N) is 1. The molecule has 0 saturated heterocycles. The third-order valence-electron chi connectivity index (χ3n) is 3.85. The fourth-order valence-electron chi connectivity index (χ4n) is 2.80. The molecular formula is C12H20ClN3O. The second-order valence-electron chi connectivity index (χ2n) is 4.65. The van der Waals surface area contributed by atoms with Gasteiger partial charge in [0, 0.05) is 13.7 Å². The Hall–Kier alpha value is -0.580. The Bertz CT molecular complexity index is 385. The zero-order valence-corrected chi connectivity index (χ0v) is 11.2. The normalized spacial score (nSPS) is 20.7. The Morgan fingerprint density at radius 3 is 2.76 bits per heavy atom. The van der Waals surface area contributed by atoms with Crippen LogP contribution in [0.5, 0.6) is 0 Å². The van der Waals surface area contributed by atoms with Crippen molar-refractivity contribution in [3.63, 3.8) is 0 Å². The Balaban J connectivity index is 2.35. The van der Waals surface area contributed by atoms with Gasteiger partial charge in [0.2, 0.25) is 0 Å². The first-order chi connectivity index (χ1) is 8.14. The minimum atomic E-state index is -0.267. The molecule has 1 aromatic heterocycles. The largest absolute Gasteiger partial charge is 0.376 e. The molecule has 5 heteroatoms. The number of hydrogen-bond acceptors (Lipinski definition) is 3. The molecule has 1 heterocycles. The van der Waals surface area contributed by atoms with Gasteiger partial charge < -0.3 is 10.5 Å². The van der Waals surface area contributed by atoms with Gasteiger partial charge in [-0.3, -0.25) is 4.68 Å². The molecule has 0 aliphatic heterocycles. The van der Waals surface area contributed by atoms with Crippen molar-refractivity contribution >= 4 is 11.6 Å². The van der Waals surface area contributed by atoms with Crippen molar-refractivity contribution < 1.29 is 4.74 Å². The first-order valence-electron chi connectivity index (χ1n) is 6.16. The summed E-state index contributed by atoms with van der Waals surface area (Å²) in [5.41, 5.74) is 7.03. The number of nitrogens with zero attached hydrogens (tertiary/aromatic N) is 2. The molecule has 96 valence electrons. The summed E-state index contributed by atoms with van der Waals surface area (Å²) in [5, 5.41) is 4.88. The molecule has 0 amide bonds. The monoisotopic (exact) mass is 257 g/mol. The van der Waals surface area contributed by atoms with Crippen molar-refractivity contribution in [1.82, 2.24) is 9.78 Å². The van der Waals surface area contributed by atoms with Crippen LogP contribution >= 0.6 is 11.6 Å². The van der Waals surface area contributed by atoms with E-state index in [-0.39, 0.29) is 11.6 Å². The lowest BCUT2D eigenvalue weighted by Crippen LogP contribution is -2.41. The topological polar surface area (TPSA) is 53.1 Å². The predicted octanol–water partition coefficient (Wildman–Crippen LogP) is 2.52. The van der Waals surface area contributed by atoms with Gasteiger partial charge in [-0.25, -0.2) is 0 Å². The molecule has 1 aromatic rings. The summed E-state index contributed by atoms with van der Waals surface area (Å²) in [4.78, 5) is 0. The molecule has 0 spiro atoms. The van der Waals surface area contributed by atoms with Crippen LogP contribution in [0.4, 0.5) is 0 Å². The molecule has 1 saturated carbocycles. The summed E-state index contributed by atoms with van der Waals surface area (Å²) in [6.07, 6.45) is 5.99. The summed E-state index contributed by atoms with van der Waals surface area (Å²) >= 11 is 6.20. The minimum Gasteiger partial charge on any atom is -0.376 e. The number of aromatic nitrogens is 2. The smallest absolute Gasteiger partial charge is 0.0886 e. The van der Waals surface area contributed by atoms with E-state index in [2.05, 4.69) is 5.10 Å². The third kappa shape index (κ3) is 2.09. The van der Waals surface area contributed by atoms with Crippen LogP contribution in [0, 0.1) is 0 Å². The fraction of sp³-hybridized carbons (Fsp3) is 0.750. The standard InChI is InChI=1S/C12H20ClN3O/c1-3-16-10(9(13)8-15-16)11(14)12(17-2)6-4-5-7-12/h8,11H,3-7,14H2,1-2H3. The van der Waals surface area contributed by atoms with Gasteiger partial charge in [0.15, 0.2) is 0 Å². The second kappa shape index (κ2) is 4.96. The van der Waals surface area contributed by atoms with Crippen LogP contribution < -0.4 is 5.73 Å². The van der Waals surface area contributed by atoms with Crippen LogP contribution in [0.25, 0.3) is 0 Å². The average molecular weight is 258 g/mol. The third-order valence-corrected chi connectivity index (χ3v) is 4.14. The van der Waals surface area contributed by atoms with E-state index in [0.717, 1.165) is 25.1 Å². The number of rotatable bonds is 4. The highest BCUT2D eigenvalue weighted by Crippen LogP contribution is 2.42. The molecule has 1 aliphatic rings. The minimum absolute atomic E-state index is 0.204. The Morgan fingerprint density at radius 2 is 2.24 bits per heavy atom. The summed E-state index contributed by atoms with van der Waals surface area (Å²) in [6, 6.07) is -0.204. The van der Waals surface area contributed by atoms with Crippen LogP contribution in [0.2, 0.25) is 5.02 Å². The molecule has 0 radical (unpaired) electrons. The lowest BCUT2D eigenvalue weighted by molar-refractivity contribution is -0.0283. The second-order valence-corrected chi connectivity index (χ2v) is 5.05. The van der Waals surface area contributed by atoms with E-state index in [4.69, 9.17) is 22.1 Å². The highest BCUT2D eigenvalue weighted by Gasteiger charge is 2.42. The van der Waals surface area contributed by atoms with Crippen molar-refractivity contribution in [3.05, 3.63) is 16.9 Å². The highest BCUT2D eigenvalue weighted by atomic mass is 35.5. The van der Waals surface area contributed by atoms with E-state index in [1.807, 2.05) is 11.6 Å². The van der Waals surface area contributed by atoms with Crippen LogP contribution in [0.15, 0.2) is 6.20 Å². The summed E-state index contributed by atoms with van der Waals surface area (Å²) in [7, 11) is 1.74. The van der Waals surface area contributed by atoms with E-state index in [9.17, 15) is 0 Å². The van der Waals surface area contributed by atoms with Crippen LogP contribution in [0.3, 0.4) is 0 Å². The Morgan fingerprint density at radius 1 is 1.59 bits per heavy atom. The molecule has 1 fully saturated rings. The van der Waals surface area contributed by atoms with E-state index < -0.39 is 0 Å². The molecule has 0 aromatic carbocycles. The first kappa shape index (κ1) is 12.9. The number of methoxy groups -OCH3 is 1. The number of ether oxygens (including phenoxy) is 1. The summed E-state index contributed by atoms with van der Waals surface area (Å²) < 4.78 is 7.58. The maximum Gasteiger partial charge on any atom is 0.0886 e. The molecule has 2 N–H and O–H groups in total. The molecule has 1 atom stereocenters. The quantitative estimate of drug-likeness (QED) is 0.902. The molecule has 1 aliphatic carbocycles. The lowest BCUT2D eigenvalue weighted by atomic mass is 9.90. The summed E-state index contributed by atoms with van der Waals surface area (Å²) in [6.45, 7) is 2.81. The maximum absolute atomic E-state index is 6.40. The van der Waals surface area contributed by atoms with Crippen molar-refractivity contribution in [2.75, 3.05) is 7.11 Å². The molecule has 1 unspecified atom stereocenters. The van der Waals surface area contributed by atoms with Crippen molar-refractivity contribution in [2.45, 2.75) is 50.8 Å². The van der Waals surface area contributed by atoms with Crippen LogP contribution in [-0.4, -0.2) is 22.5 Å². The number of halogens is 1. The van der Waals surface area contributed by atoms with Gasteiger partial charge in [-0.2, -0.15) is 5.10 Å². The highest BCUT2D eigenvalue weighted by molar-refractivity contribution is 6.31. The molecule has 4 nitrogen and oxygen atoms in total. The zero-order valence-electron chi connectivity index (χ0n) is 10.4. The van der Waals surface area contributed by atoms with Gasteiger partial charge in [0.05, 0.1) is 28.6 Å². The predicted molar refractivity (Wildman–Crippen MR) is 68.0 cm³/mol. The van der Waals surface area contributed by atoms with Gasteiger partial charge in [0.25, 0.3) is 0 Å².